The highest BCUT2D eigenvalue weighted by Crippen LogP contribution is 2.30. The van der Waals surface area contributed by atoms with E-state index in [0.717, 1.165) is 32.7 Å². The van der Waals surface area contributed by atoms with Gasteiger partial charge in [-0.05, 0) is 38.5 Å². The average Bonchev–Trinajstić information content (AvgIpc) is 3.01. The van der Waals surface area contributed by atoms with E-state index in [4.69, 9.17) is 8.83 Å². The lowest BCUT2D eigenvalue weighted by molar-refractivity contribution is 0.557. The van der Waals surface area contributed by atoms with E-state index in [9.17, 15) is 4.79 Å². The number of fused-ring (bicyclic) bond motifs is 2. The Morgan fingerprint density at radius 2 is 1.86 bits per heavy atom. The molecule has 0 amide bonds. The van der Waals surface area contributed by atoms with Crippen LogP contribution in [0.25, 0.3) is 33.2 Å². The van der Waals surface area contributed by atoms with Crippen molar-refractivity contribution in [3.8, 4) is 11.3 Å². The number of aromatic nitrogens is 1. The largest absolute Gasteiger partial charge is 0.461 e. The second-order valence-electron chi connectivity index (χ2n) is 5.37. The van der Waals surface area contributed by atoms with E-state index in [1.807, 2.05) is 38.3 Å². The smallest absolute Gasteiger partial charge is 0.345 e. The first kappa shape index (κ1) is 13.3. The van der Waals surface area contributed by atoms with E-state index in [0.29, 0.717) is 16.8 Å². The van der Waals surface area contributed by atoms with Gasteiger partial charge in [0.2, 0.25) is 0 Å². The Morgan fingerprint density at radius 3 is 2.59 bits per heavy atom. The third-order valence-corrected chi connectivity index (χ3v) is 4.70. The first-order valence-corrected chi connectivity index (χ1v) is 7.81. The number of nitrogens with zero attached hydrogens (tertiary/aromatic N) is 1. The molecule has 4 rings (SSSR count). The molecule has 0 N–H and O–H groups in total. The quantitative estimate of drug-likeness (QED) is 0.482. The van der Waals surface area contributed by atoms with Crippen molar-refractivity contribution in [3.05, 3.63) is 50.3 Å². The summed E-state index contributed by atoms with van der Waals surface area (Å²) in [6.07, 6.45) is 0. The van der Waals surface area contributed by atoms with Gasteiger partial charge in [0.1, 0.15) is 16.9 Å². The highest BCUT2D eigenvalue weighted by atomic mass is 32.1. The number of aryl methyl sites for hydroxylation is 3. The monoisotopic (exact) mass is 311 g/mol. The molecule has 1 aromatic carbocycles. The second-order valence-corrected chi connectivity index (χ2v) is 6.43. The Bertz CT molecular complexity index is 1080. The van der Waals surface area contributed by atoms with Crippen LogP contribution in [-0.2, 0) is 0 Å². The molecule has 0 fully saturated rings. The van der Waals surface area contributed by atoms with Crippen LogP contribution in [0, 0.1) is 20.8 Å². The molecule has 0 aliphatic rings. The Morgan fingerprint density at radius 1 is 1.05 bits per heavy atom. The molecular weight excluding hydrogens is 298 g/mol. The Balaban J connectivity index is 2.05. The van der Waals surface area contributed by atoms with Gasteiger partial charge in [-0.3, -0.25) is 0 Å². The van der Waals surface area contributed by atoms with E-state index in [2.05, 4.69) is 4.98 Å². The maximum absolute atomic E-state index is 12.2. The molecule has 0 aliphatic heterocycles. The summed E-state index contributed by atoms with van der Waals surface area (Å²) in [6.45, 7) is 5.87. The van der Waals surface area contributed by atoms with Crippen LogP contribution in [0.4, 0.5) is 0 Å². The van der Waals surface area contributed by atoms with E-state index < -0.39 is 0 Å². The van der Waals surface area contributed by atoms with Gasteiger partial charge in [0.15, 0.2) is 0 Å². The zero-order valence-electron chi connectivity index (χ0n) is 12.4. The fourth-order valence-corrected chi connectivity index (χ4v) is 3.24. The van der Waals surface area contributed by atoms with Gasteiger partial charge in [-0.2, -0.15) is 0 Å². The van der Waals surface area contributed by atoms with Gasteiger partial charge in [-0.15, -0.1) is 11.3 Å². The summed E-state index contributed by atoms with van der Waals surface area (Å²) in [5, 5.41) is 4.71. The number of furan rings is 1. The molecule has 0 saturated carbocycles. The molecule has 0 radical (unpaired) electrons. The zero-order valence-corrected chi connectivity index (χ0v) is 13.2. The number of hydrogen-bond donors (Lipinski definition) is 0. The predicted octanol–water partition coefficient (Wildman–Crippen LogP) is 4.59. The molecule has 4 nitrogen and oxygen atoms in total. The van der Waals surface area contributed by atoms with Crippen molar-refractivity contribution >= 4 is 33.3 Å². The minimum absolute atomic E-state index is 0.378. The summed E-state index contributed by atoms with van der Waals surface area (Å²) in [4.78, 5) is 16.6. The van der Waals surface area contributed by atoms with Crippen LogP contribution in [0.5, 0.6) is 0 Å². The molecule has 22 heavy (non-hydrogen) atoms. The minimum atomic E-state index is -0.378. The Hall–Kier alpha value is -2.40. The third kappa shape index (κ3) is 1.89. The van der Waals surface area contributed by atoms with Crippen molar-refractivity contribution < 1.29 is 8.83 Å². The van der Waals surface area contributed by atoms with Crippen LogP contribution < -0.4 is 5.63 Å². The van der Waals surface area contributed by atoms with Crippen LogP contribution >= 0.6 is 11.3 Å². The molecule has 4 aromatic rings. The van der Waals surface area contributed by atoms with Gasteiger partial charge < -0.3 is 8.83 Å². The van der Waals surface area contributed by atoms with Crippen molar-refractivity contribution in [2.45, 2.75) is 20.8 Å². The summed E-state index contributed by atoms with van der Waals surface area (Å²) < 4.78 is 11.2. The first-order chi connectivity index (χ1) is 10.5. The SMILES string of the molecule is Cc1nc(-c2cc3cc4c(C)c(C)oc4cc3oc2=O)cs1. The van der Waals surface area contributed by atoms with Gasteiger partial charge >= 0.3 is 5.63 Å². The predicted molar refractivity (Wildman–Crippen MR) is 87.6 cm³/mol. The normalized spacial score (nSPS) is 11.6. The lowest BCUT2D eigenvalue weighted by Gasteiger charge is -2.00. The van der Waals surface area contributed by atoms with E-state index in [1.54, 1.807) is 6.07 Å². The summed E-state index contributed by atoms with van der Waals surface area (Å²) >= 11 is 1.52. The van der Waals surface area contributed by atoms with Gasteiger partial charge in [0.05, 0.1) is 16.3 Å². The van der Waals surface area contributed by atoms with Crippen molar-refractivity contribution in [2.24, 2.45) is 0 Å². The number of benzene rings is 1. The number of hydrogen-bond acceptors (Lipinski definition) is 5. The van der Waals surface area contributed by atoms with Crippen LogP contribution in [0.1, 0.15) is 16.3 Å². The molecule has 0 spiro atoms. The first-order valence-electron chi connectivity index (χ1n) is 6.93. The maximum atomic E-state index is 12.2. The van der Waals surface area contributed by atoms with Crippen LogP contribution in [-0.4, -0.2) is 4.98 Å². The van der Waals surface area contributed by atoms with Crippen molar-refractivity contribution in [1.29, 1.82) is 0 Å². The van der Waals surface area contributed by atoms with Crippen LogP contribution in [0.2, 0.25) is 0 Å². The van der Waals surface area contributed by atoms with Gasteiger partial charge in [-0.1, -0.05) is 0 Å². The van der Waals surface area contributed by atoms with Crippen molar-refractivity contribution in [1.82, 2.24) is 4.98 Å². The summed E-state index contributed by atoms with van der Waals surface area (Å²) in [6, 6.07) is 5.63. The van der Waals surface area contributed by atoms with Gasteiger partial charge in [0.25, 0.3) is 0 Å². The molecule has 0 bridgehead atoms. The van der Waals surface area contributed by atoms with Crippen LogP contribution in [0.15, 0.2) is 37.2 Å². The third-order valence-electron chi connectivity index (χ3n) is 3.92. The zero-order chi connectivity index (χ0) is 15.4. The lowest BCUT2D eigenvalue weighted by Crippen LogP contribution is -2.02. The van der Waals surface area contributed by atoms with Crippen molar-refractivity contribution in [2.75, 3.05) is 0 Å². The number of thiazole rings is 1. The van der Waals surface area contributed by atoms with E-state index in [-0.39, 0.29) is 5.63 Å². The highest BCUT2D eigenvalue weighted by molar-refractivity contribution is 7.09. The number of rotatable bonds is 1. The highest BCUT2D eigenvalue weighted by Gasteiger charge is 2.14. The fraction of sp³-hybridized carbons (Fsp3) is 0.176. The molecule has 0 saturated heterocycles. The minimum Gasteiger partial charge on any atom is -0.461 e. The summed E-state index contributed by atoms with van der Waals surface area (Å²) in [7, 11) is 0. The summed E-state index contributed by atoms with van der Waals surface area (Å²) in [5.41, 5.74) is 3.16. The second kappa shape index (κ2) is 4.55. The lowest BCUT2D eigenvalue weighted by atomic mass is 10.1. The Kier molecular flexibility index (Phi) is 2.74. The summed E-state index contributed by atoms with van der Waals surface area (Å²) in [5.74, 6) is 0.878. The average molecular weight is 311 g/mol. The molecule has 0 unspecified atom stereocenters. The fourth-order valence-electron chi connectivity index (χ4n) is 2.62. The van der Waals surface area contributed by atoms with E-state index in [1.165, 1.54) is 11.3 Å². The molecule has 3 aromatic heterocycles. The topological polar surface area (TPSA) is 56.2 Å². The molecular formula is C17H13NO3S. The molecule has 0 aliphatic carbocycles. The van der Waals surface area contributed by atoms with Gasteiger partial charge in [0, 0.05) is 22.2 Å². The van der Waals surface area contributed by atoms with Gasteiger partial charge in [-0.25, -0.2) is 9.78 Å². The Labute approximate surface area is 130 Å². The molecule has 5 heteroatoms. The van der Waals surface area contributed by atoms with E-state index >= 15 is 0 Å². The molecule has 110 valence electrons. The standard InChI is InChI=1S/C17H13NO3S/c1-8-9(2)20-16-6-15-11(4-12(8)16)5-13(17(19)21-15)14-7-22-10(3)18-14/h4-7H,1-3H3. The molecule has 3 heterocycles. The maximum Gasteiger partial charge on any atom is 0.345 e. The molecule has 0 atom stereocenters. The van der Waals surface area contributed by atoms with Crippen LogP contribution in [0.3, 0.4) is 0 Å². The van der Waals surface area contributed by atoms with Crippen molar-refractivity contribution in [3.63, 3.8) is 0 Å².